The van der Waals surface area contributed by atoms with E-state index in [1.165, 1.54) is 12.3 Å². The first kappa shape index (κ1) is 16.8. The highest BCUT2D eigenvalue weighted by Crippen LogP contribution is 2.35. The van der Waals surface area contributed by atoms with E-state index in [9.17, 15) is 13.6 Å². The van der Waals surface area contributed by atoms with Gasteiger partial charge < -0.3 is 20.1 Å². The summed E-state index contributed by atoms with van der Waals surface area (Å²) in [5, 5.41) is 5.62. The topological polar surface area (TPSA) is 72.5 Å². The number of anilines is 3. The molecule has 3 aromatic rings. The summed E-state index contributed by atoms with van der Waals surface area (Å²) in [5.41, 5.74) is 1.62. The van der Waals surface area contributed by atoms with Crippen LogP contribution in [-0.4, -0.2) is 17.7 Å². The molecule has 1 amide bonds. The average molecular weight is 369 g/mol. The molecule has 0 spiro atoms. The molecule has 1 aliphatic heterocycles. The molecule has 4 rings (SSSR count). The zero-order valence-electron chi connectivity index (χ0n) is 13.8. The highest BCUT2D eigenvalue weighted by molar-refractivity contribution is 6.03. The van der Waals surface area contributed by atoms with Gasteiger partial charge in [-0.2, -0.15) is 0 Å². The van der Waals surface area contributed by atoms with Crippen molar-refractivity contribution in [3.63, 3.8) is 0 Å². The number of nitrogens with one attached hydrogen (secondary N) is 2. The van der Waals surface area contributed by atoms with Crippen molar-refractivity contribution in [1.29, 1.82) is 0 Å². The van der Waals surface area contributed by atoms with Crippen molar-refractivity contribution in [2.45, 2.75) is 0 Å². The van der Waals surface area contributed by atoms with Crippen LogP contribution in [0.15, 0.2) is 54.7 Å². The summed E-state index contributed by atoms with van der Waals surface area (Å²) in [7, 11) is 0. The van der Waals surface area contributed by atoms with Crippen LogP contribution in [0.5, 0.6) is 11.5 Å². The minimum atomic E-state index is -1.04. The third-order valence-electron chi connectivity index (χ3n) is 3.83. The van der Waals surface area contributed by atoms with E-state index in [0.717, 1.165) is 17.8 Å². The minimum absolute atomic E-state index is 0.116. The molecule has 1 aliphatic rings. The van der Waals surface area contributed by atoms with Gasteiger partial charge >= 0.3 is 0 Å². The Balaban J connectivity index is 1.49. The van der Waals surface area contributed by atoms with Gasteiger partial charge in [-0.1, -0.05) is 0 Å². The number of carbonyl (C=O) groups excluding carboxylic acids is 1. The van der Waals surface area contributed by atoms with Crippen molar-refractivity contribution < 1.29 is 23.0 Å². The Hall–Kier alpha value is -3.68. The Morgan fingerprint density at radius 1 is 0.889 bits per heavy atom. The normalized spacial score (nSPS) is 11.9. The van der Waals surface area contributed by atoms with Crippen LogP contribution in [0.4, 0.5) is 25.8 Å². The summed E-state index contributed by atoms with van der Waals surface area (Å²) in [6.45, 7) is 0.183. The number of ether oxygens (including phenoxy) is 2. The molecule has 2 heterocycles. The number of amides is 1. The molecule has 0 aliphatic carbocycles. The predicted octanol–water partition coefficient (Wildman–Crippen LogP) is 4.08. The van der Waals surface area contributed by atoms with Crippen molar-refractivity contribution in [2.24, 2.45) is 0 Å². The molecule has 2 aromatic carbocycles. The lowest BCUT2D eigenvalue weighted by molar-refractivity contribution is 0.102. The lowest BCUT2D eigenvalue weighted by Gasteiger charge is -2.09. The van der Waals surface area contributed by atoms with Crippen molar-refractivity contribution in [2.75, 3.05) is 17.4 Å². The van der Waals surface area contributed by atoms with E-state index in [1.807, 2.05) is 6.07 Å². The molecule has 1 aromatic heterocycles. The van der Waals surface area contributed by atoms with Gasteiger partial charge in [-0.05, 0) is 36.4 Å². The van der Waals surface area contributed by atoms with Crippen LogP contribution in [-0.2, 0) is 0 Å². The monoisotopic (exact) mass is 369 g/mol. The summed E-state index contributed by atoms with van der Waals surface area (Å²) in [6.07, 6.45) is 1.47. The van der Waals surface area contributed by atoms with E-state index in [0.29, 0.717) is 17.2 Å². The summed E-state index contributed by atoms with van der Waals surface area (Å²) < 4.78 is 36.8. The van der Waals surface area contributed by atoms with E-state index < -0.39 is 17.5 Å². The average Bonchev–Trinajstić information content (AvgIpc) is 3.13. The van der Waals surface area contributed by atoms with Gasteiger partial charge in [-0.15, -0.1) is 0 Å². The number of hydrogen-bond acceptors (Lipinski definition) is 5. The number of rotatable bonds is 4. The number of halogens is 2. The quantitative estimate of drug-likeness (QED) is 0.725. The Morgan fingerprint density at radius 2 is 1.67 bits per heavy atom. The molecule has 8 heteroatoms. The number of fused-ring (bicyclic) bond motifs is 1. The van der Waals surface area contributed by atoms with Crippen LogP contribution < -0.4 is 20.1 Å². The first-order valence-corrected chi connectivity index (χ1v) is 7.97. The van der Waals surface area contributed by atoms with Crippen molar-refractivity contribution >= 4 is 23.0 Å². The maximum Gasteiger partial charge on any atom is 0.274 e. The number of carbonyl (C=O) groups is 1. The second-order valence-corrected chi connectivity index (χ2v) is 5.71. The maximum atomic E-state index is 13.3. The Labute approximate surface area is 152 Å². The van der Waals surface area contributed by atoms with Gasteiger partial charge in [0, 0.05) is 35.4 Å². The zero-order valence-corrected chi connectivity index (χ0v) is 13.8. The summed E-state index contributed by atoms with van der Waals surface area (Å²) >= 11 is 0. The second kappa shape index (κ2) is 6.91. The van der Waals surface area contributed by atoms with E-state index in [4.69, 9.17) is 9.47 Å². The molecular formula is C19H13F2N3O3. The molecular weight excluding hydrogens is 356 g/mol. The smallest absolute Gasteiger partial charge is 0.274 e. The Morgan fingerprint density at radius 3 is 2.52 bits per heavy atom. The zero-order chi connectivity index (χ0) is 18.8. The van der Waals surface area contributed by atoms with E-state index in [-0.39, 0.29) is 18.2 Å². The van der Waals surface area contributed by atoms with Gasteiger partial charge in [0.05, 0.1) is 0 Å². The van der Waals surface area contributed by atoms with Crippen molar-refractivity contribution in [1.82, 2.24) is 4.98 Å². The fourth-order valence-corrected chi connectivity index (χ4v) is 2.54. The molecule has 136 valence electrons. The molecule has 0 bridgehead atoms. The van der Waals surface area contributed by atoms with Gasteiger partial charge in [-0.3, -0.25) is 9.78 Å². The predicted molar refractivity (Wildman–Crippen MR) is 94.4 cm³/mol. The van der Waals surface area contributed by atoms with Crippen LogP contribution in [0.25, 0.3) is 0 Å². The number of benzene rings is 2. The highest BCUT2D eigenvalue weighted by atomic mass is 19.2. The number of aromatic nitrogens is 1. The van der Waals surface area contributed by atoms with Crippen molar-refractivity contribution in [3.8, 4) is 11.5 Å². The van der Waals surface area contributed by atoms with E-state index in [2.05, 4.69) is 15.6 Å². The Kier molecular flexibility index (Phi) is 4.29. The van der Waals surface area contributed by atoms with Crippen LogP contribution in [0, 0.1) is 11.6 Å². The van der Waals surface area contributed by atoms with Crippen LogP contribution in [0.3, 0.4) is 0 Å². The third kappa shape index (κ3) is 3.64. The Bertz CT molecular complexity index is 1030. The molecule has 0 unspecified atom stereocenters. The standard InChI is InChI=1S/C19H13F2N3O3/c20-14-3-1-11(7-15(14)21)24-19(25)16-8-13(5-6-22-16)23-12-2-4-17-18(9-12)27-10-26-17/h1-9H,10H2,(H,22,23)(H,24,25). The summed E-state index contributed by atoms with van der Waals surface area (Å²) in [6, 6.07) is 11.7. The van der Waals surface area contributed by atoms with Crippen LogP contribution in [0.1, 0.15) is 10.5 Å². The first-order valence-electron chi connectivity index (χ1n) is 7.97. The molecule has 0 atom stereocenters. The number of pyridine rings is 1. The van der Waals surface area contributed by atoms with Gasteiger partial charge in [0.1, 0.15) is 5.69 Å². The molecule has 0 saturated heterocycles. The number of hydrogen-bond donors (Lipinski definition) is 2. The lowest BCUT2D eigenvalue weighted by atomic mass is 10.2. The van der Waals surface area contributed by atoms with Crippen LogP contribution in [0.2, 0.25) is 0 Å². The molecule has 0 fully saturated rings. The van der Waals surface area contributed by atoms with Gasteiger partial charge in [0.25, 0.3) is 5.91 Å². The summed E-state index contributed by atoms with van der Waals surface area (Å²) in [4.78, 5) is 16.3. The molecule has 2 N–H and O–H groups in total. The first-order chi connectivity index (χ1) is 13.1. The molecule has 0 radical (unpaired) electrons. The van der Waals surface area contributed by atoms with Gasteiger partial charge in [0.15, 0.2) is 23.1 Å². The van der Waals surface area contributed by atoms with Gasteiger partial charge in [0.2, 0.25) is 6.79 Å². The molecule has 6 nitrogen and oxygen atoms in total. The minimum Gasteiger partial charge on any atom is -0.454 e. The summed E-state index contributed by atoms with van der Waals surface area (Å²) in [5.74, 6) is -1.28. The van der Waals surface area contributed by atoms with Crippen LogP contribution >= 0.6 is 0 Å². The maximum absolute atomic E-state index is 13.3. The molecule has 0 saturated carbocycles. The largest absolute Gasteiger partial charge is 0.454 e. The SMILES string of the molecule is O=C(Nc1ccc(F)c(F)c1)c1cc(Nc2ccc3c(c2)OCO3)ccn1. The molecule has 27 heavy (non-hydrogen) atoms. The van der Waals surface area contributed by atoms with E-state index >= 15 is 0 Å². The second-order valence-electron chi connectivity index (χ2n) is 5.71. The lowest BCUT2D eigenvalue weighted by Crippen LogP contribution is -2.14. The van der Waals surface area contributed by atoms with Gasteiger partial charge in [-0.25, -0.2) is 8.78 Å². The highest BCUT2D eigenvalue weighted by Gasteiger charge is 2.14. The third-order valence-corrected chi connectivity index (χ3v) is 3.83. The van der Waals surface area contributed by atoms with E-state index in [1.54, 1.807) is 24.3 Å². The fraction of sp³-hybridized carbons (Fsp3) is 0.0526. The number of nitrogens with zero attached hydrogens (tertiary/aromatic N) is 1. The fourth-order valence-electron chi connectivity index (χ4n) is 2.54. The van der Waals surface area contributed by atoms with Crippen molar-refractivity contribution in [3.05, 3.63) is 72.1 Å².